The fraction of sp³-hybridized carbons (Fsp3) is 0.333. The second-order valence-electron chi connectivity index (χ2n) is 11.2. The zero-order chi connectivity index (χ0) is 35.3. The lowest BCUT2D eigenvalue weighted by Crippen LogP contribution is -2.35. The Morgan fingerprint density at radius 2 is 1.20 bits per heavy atom. The van der Waals surface area contributed by atoms with E-state index in [1.165, 1.54) is 11.3 Å². The van der Waals surface area contributed by atoms with Gasteiger partial charge >= 0.3 is 0 Å². The Kier molecular flexibility index (Phi) is 13.6. The molecule has 1 N–H and O–H groups in total. The van der Waals surface area contributed by atoms with Crippen LogP contribution in [0.15, 0.2) is 77.1 Å². The summed E-state index contributed by atoms with van der Waals surface area (Å²) < 4.78 is 35.4. The van der Waals surface area contributed by atoms with E-state index in [-0.39, 0.29) is 0 Å². The number of nitrogens with one attached hydrogen (secondary N) is 1. The summed E-state index contributed by atoms with van der Waals surface area (Å²) in [7, 11) is 3.31. The molecular formula is C36H39BrN6O6S2. The predicted octanol–water partition coefficient (Wildman–Crippen LogP) is 6.76. The fourth-order valence-electron chi connectivity index (χ4n) is 5.03. The summed E-state index contributed by atoms with van der Waals surface area (Å²) in [5.41, 5.74) is 3.94. The van der Waals surface area contributed by atoms with Gasteiger partial charge in [-0.1, -0.05) is 24.3 Å². The van der Waals surface area contributed by atoms with Crippen LogP contribution in [0.1, 0.15) is 11.1 Å². The number of rotatable bonds is 9. The molecule has 12 nitrogen and oxygen atoms in total. The number of thiophene rings is 2. The Bertz CT molecular complexity index is 1940. The largest absolute Gasteiger partial charge is 0.497 e. The van der Waals surface area contributed by atoms with Gasteiger partial charge in [0.15, 0.2) is 0 Å². The number of nitrogens with zero attached hydrogens (tertiary/aromatic N) is 5. The molecule has 0 unspecified atom stereocenters. The second-order valence-corrected chi connectivity index (χ2v) is 14.6. The monoisotopic (exact) mass is 794 g/mol. The normalized spacial score (nSPS) is 14.2. The van der Waals surface area contributed by atoms with Gasteiger partial charge in [-0.05, 0) is 63.5 Å². The Morgan fingerprint density at radius 1 is 0.686 bits per heavy atom. The van der Waals surface area contributed by atoms with Crippen LogP contribution < -0.4 is 29.2 Å². The number of morpholine rings is 2. The van der Waals surface area contributed by atoms with E-state index in [0.717, 1.165) is 99.5 Å². The van der Waals surface area contributed by atoms with Crippen LogP contribution >= 0.6 is 38.6 Å². The number of benzene rings is 2. The van der Waals surface area contributed by atoms with E-state index in [4.69, 9.17) is 28.4 Å². The average molecular weight is 796 g/mol. The summed E-state index contributed by atoms with van der Waals surface area (Å²) in [6, 6.07) is 19.7. The maximum Gasteiger partial charge on any atom is 0.235 e. The van der Waals surface area contributed by atoms with Crippen LogP contribution in [-0.2, 0) is 22.7 Å². The van der Waals surface area contributed by atoms with Crippen molar-refractivity contribution in [2.24, 2.45) is 0 Å². The lowest BCUT2D eigenvalue weighted by Gasteiger charge is -2.27. The molecule has 0 atom stereocenters. The number of fused-ring (bicyclic) bond motifs is 2. The van der Waals surface area contributed by atoms with Crippen LogP contribution in [0.4, 0.5) is 5.00 Å². The Morgan fingerprint density at radius 3 is 1.69 bits per heavy atom. The van der Waals surface area contributed by atoms with Crippen molar-refractivity contribution >= 4 is 64.0 Å². The smallest absolute Gasteiger partial charge is 0.235 e. The van der Waals surface area contributed by atoms with E-state index in [1.54, 1.807) is 43.2 Å². The minimum atomic E-state index is 0.459. The molecule has 0 spiro atoms. The molecule has 0 amide bonds. The molecular weight excluding hydrogens is 756 g/mol. The molecule has 6 aromatic rings. The highest BCUT2D eigenvalue weighted by Gasteiger charge is 2.17. The van der Waals surface area contributed by atoms with Gasteiger partial charge < -0.3 is 38.6 Å². The first kappa shape index (κ1) is 36.7. The highest BCUT2D eigenvalue weighted by molar-refractivity contribution is 9.11. The first-order chi connectivity index (χ1) is 25.1. The van der Waals surface area contributed by atoms with E-state index < -0.39 is 0 Å². The third-order valence-electron chi connectivity index (χ3n) is 7.75. The predicted molar refractivity (Wildman–Crippen MR) is 204 cm³/mol. The number of hydrogen-bond donors (Lipinski definition) is 1. The molecule has 2 saturated heterocycles. The topological polar surface area (TPSA) is 122 Å². The zero-order valence-electron chi connectivity index (χ0n) is 28.4. The van der Waals surface area contributed by atoms with E-state index in [2.05, 4.69) is 52.1 Å². The van der Waals surface area contributed by atoms with Gasteiger partial charge in [0.1, 0.15) is 46.8 Å². The van der Waals surface area contributed by atoms with Crippen LogP contribution in [0.3, 0.4) is 0 Å². The van der Waals surface area contributed by atoms with E-state index in [0.29, 0.717) is 25.0 Å². The lowest BCUT2D eigenvalue weighted by molar-refractivity contribution is 0.109. The lowest BCUT2D eigenvalue weighted by atomic mass is 10.2. The van der Waals surface area contributed by atoms with Crippen molar-refractivity contribution < 1.29 is 28.4 Å². The summed E-state index contributed by atoms with van der Waals surface area (Å²) in [6.07, 6.45) is 3.08. The zero-order valence-corrected chi connectivity index (χ0v) is 31.6. The number of halogens is 1. The minimum Gasteiger partial charge on any atom is -0.497 e. The second kappa shape index (κ2) is 18.9. The number of anilines is 1. The minimum absolute atomic E-state index is 0.459. The molecule has 51 heavy (non-hydrogen) atoms. The highest BCUT2D eigenvalue weighted by atomic mass is 79.9. The van der Waals surface area contributed by atoms with Crippen molar-refractivity contribution in [1.82, 2.24) is 25.3 Å². The van der Waals surface area contributed by atoms with E-state index in [9.17, 15) is 0 Å². The molecule has 2 aliphatic heterocycles. The number of methoxy groups -OCH3 is 2. The van der Waals surface area contributed by atoms with Gasteiger partial charge in [0.2, 0.25) is 11.8 Å². The first-order valence-corrected chi connectivity index (χ1v) is 18.8. The quantitative estimate of drug-likeness (QED) is 0.166. The summed E-state index contributed by atoms with van der Waals surface area (Å²) in [5.74, 6) is 2.91. The highest BCUT2D eigenvalue weighted by Crippen LogP contribution is 2.37. The van der Waals surface area contributed by atoms with Gasteiger partial charge in [-0.2, -0.15) is 0 Å². The third kappa shape index (κ3) is 10.5. The Balaban J connectivity index is 0.000000154. The average Bonchev–Trinajstić information content (AvgIpc) is 3.82. The van der Waals surface area contributed by atoms with Gasteiger partial charge in [0.05, 0.1) is 60.5 Å². The third-order valence-corrected chi connectivity index (χ3v) is 10.5. The molecule has 0 radical (unpaired) electrons. The van der Waals surface area contributed by atoms with Gasteiger partial charge in [-0.25, -0.2) is 19.9 Å². The van der Waals surface area contributed by atoms with Gasteiger partial charge in [0.25, 0.3) is 0 Å². The van der Waals surface area contributed by atoms with Crippen molar-refractivity contribution in [1.29, 1.82) is 0 Å². The number of aromatic nitrogens is 4. The van der Waals surface area contributed by atoms with Crippen LogP contribution in [0, 0.1) is 0 Å². The maximum atomic E-state index is 5.95. The Labute approximate surface area is 312 Å². The van der Waals surface area contributed by atoms with Crippen molar-refractivity contribution in [3.8, 4) is 23.3 Å². The van der Waals surface area contributed by atoms with Crippen molar-refractivity contribution in [3.05, 3.63) is 88.2 Å². The summed E-state index contributed by atoms with van der Waals surface area (Å²) in [4.78, 5) is 19.4. The molecule has 0 bridgehead atoms. The SMILES string of the molecule is C1COCCN1.COc1ccc(COc2ncnc3cc(Br)sc23)cc1.COc1ccc(COc2ncnc3cc(N4CCOCC4)sc23)cc1. The van der Waals surface area contributed by atoms with Crippen molar-refractivity contribution in [3.63, 3.8) is 0 Å². The fourth-order valence-corrected chi connectivity index (χ4v) is 7.62. The van der Waals surface area contributed by atoms with Crippen LogP contribution in [0.5, 0.6) is 23.3 Å². The molecule has 2 fully saturated rings. The van der Waals surface area contributed by atoms with Gasteiger partial charge in [-0.15, -0.1) is 22.7 Å². The molecule has 6 heterocycles. The van der Waals surface area contributed by atoms with Crippen LogP contribution in [0.25, 0.3) is 20.4 Å². The van der Waals surface area contributed by atoms with Gasteiger partial charge in [0, 0.05) is 26.2 Å². The molecule has 15 heteroatoms. The molecule has 2 aliphatic rings. The number of hydrogen-bond acceptors (Lipinski definition) is 14. The van der Waals surface area contributed by atoms with Crippen LogP contribution in [0.2, 0.25) is 0 Å². The molecule has 268 valence electrons. The summed E-state index contributed by atoms with van der Waals surface area (Å²) in [6.45, 7) is 8.10. The Hall–Kier alpha value is -4.12. The van der Waals surface area contributed by atoms with Crippen molar-refractivity contribution in [2.75, 3.05) is 71.7 Å². The van der Waals surface area contributed by atoms with Gasteiger partial charge in [-0.3, -0.25) is 0 Å². The van der Waals surface area contributed by atoms with Crippen LogP contribution in [-0.4, -0.2) is 86.8 Å². The molecule has 8 rings (SSSR count). The van der Waals surface area contributed by atoms with E-state index >= 15 is 0 Å². The summed E-state index contributed by atoms with van der Waals surface area (Å²) in [5, 5.41) is 4.35. The number of ether oxygens (including phenoxy) is 6. The van der Waals surface area contributed by atoms with E-state index in [1.807, 2.05) is 54.6 Å². The maximum absolute atomic E-state index is 5.95. The molecule has 0 aliphatic carbocycles. The molecule has 4 aromatic heterocycles. The standard InChI is InChI=1S/C18H19N3O3S.C14H11BrN2O2S.C4H9NO/c1-22-14-4-2-13(3-5-14)11-24-18-17-15(19-12-20-18)10-16(25-17)21-6-8-23-9-7-21;1-18-10-4-2-9(3-5-10)7-19-14-13-11(16-8-17-14)6-12(15)20-13;1-3-6-4-2-5-1/h2-5,10,12H,6-9,11H2,1H3;2-6,8H,7H2,1H3;5H,1-4H2. The van der Waals surface area contributed by atoms with Crippen molar-refractivity contribution in [2.45, 2.75) is 13.2 Å². The molecule has 2 aromatic carbocycles. The first-order valence-electron chi connectivity index (χ1n) is 16.4. The summed E-state index contributed by atoms with van der Waals surface area (Å²) >= 11 is 6.69. The molecule has 0 saturated carbocycles.